The molecule has 248 valence electrons. The summed E-state index contributed by atoms with van der Waals surface area (Å²) in [6.07, 6.45) is 10.9. The maximum absolute atomic E-state index is 12.7. The fourth-order valence-electron chi connectivity index (χ4n) is 5.16. The number of allylic oxidation sites excluding steroid dienone is 2. The molecule has 1 aliphatic rings. The molecule has 0 atom stereocenters. The zero-order chi connectivity index (χ0) is 34.0. The van der Waals surface area contributed by atoms with Crippen LogP contribution < -0.4 is 25.3 Å². The molecular formula is C36H33N6O5S2+. The molecule has 11 nitrogen and oxygen atoms in total. The first-order valence-corrected chi connectivity index (χ1v) is 17.3. The van der Waals surface area contributed by atoms with Crippen LogP contribution in [-0.2, 0) is 17.9 Å². The van der Waals surface area contributed by atoms with Crippen LogP contribution in [0.3, 0.4) is 0 Å². The van der Waals surface area contributed by atoms with Gasteiger partial charge in [-0.1, -0.05) is 60.3 Å². The van der Waals surface area contributed by atoms with Crippen LogP contribution in [0.2, 0.25) is 0 Å². The highest BCUT2D eigenvalue weighted by atomic mass is 32.2. The van der Waals surface area contributed by atoms with Gasteiger partial charge in [-0.05, 0) is 65.3 Å². The van der Waals surface area contributed by atoms with E-state index in [4.69, 9.17) is 4.74 Å². The van der Waals surface area contributed by atoms with E-state index in [1.807, 2.05) is 54.7 Å². The Kier molecular flexibility index (Phi) is 10.9. The Hall–Kier alpha value is -5.53. The number of carbonyl (C=O) groups excluding carboxylic acids is 2. The van der Waals surface area contributed by atoms with E-state index in [-0.39, 0.29) is 22.5 Å². The topological polar surface area (TPSA) is 139 Å². The third kappa shape index (κ3) is 9.09. The Morgan fingerprint density at radius 3 is 2.65 bits per heavy atom. The highest BCUT2D eigenvalue weighted by molar-refractivity contribution is 8.03. The number of hydrogen-bond acceptors (Lipinski definition) is 9. The number of hydrogen-bond donors (Lipinski definition) is 3. The van der Waals surface area contributed by atoms with E-state index in [2.05, 4.69) is 74.1 Å². The van der Waals surface area contributed by atoms with Gasteiger partial charge in [-0.15, -0.1) is 0 Å². The number of fused-ring (bicyclic) bond motifs is 2. The van der Waals surface area contributed by atoms with Crippen LogP contribution in [0, 0.1) is 10.1 Å². The van der Waals surface area contributed by atoms with Crippen molar-refractivity contribution in [2.75, 3.05) is 17.2 Å². The largest absolute Gasteiger partial charge is 0.494 e. The van der Waals surface area contributed by atoms with Crippen molar-refractivity contribution in [3.05, 3.63) is 130 Å². The van der Waals surface area contributed by atoms with Gasteiger partial charge in [0.25, 0.3) is 0 Å². The van der Waals surface area contributed by atoms with Crippen LogP contribution in [0.5, 0.6) is 5.75 Å². The SMILES string of the molecule is O=C(CCCOc1ccc(CNC(=O)Nc2ncc([N+](=O)[O-])s2)cc1)CC[n+]1ccc(/C=C/C=C2/Nc3ccccc3S2)c2ccccc21. The Morgan fingerprint density at radius 2 is 1.84 bits per heavy atom. The second kappa shape index (κ2) is 16.0. The first kappa shape index (κ1) is 33.4. The molecular weight excluding hydrogens is 661 g/mol. The van der Waals surface area contributed by atoms with Gasteiger partial charge in [0.05, 0.1) is 34.1 Å². The molecule has 0 aliphatic carbocycles. The number of benzene rings is 3. The van der Waals surface area contributed by atoms with Gasteiger partial charge in [0, 0.05) is 30.0 Å². The summed E-state index contributed by atoms with van der Waals surface area (Å²) in [4.78, 5) is 40.0. The van der Waals surface area contributed by atoms with Crippen LogP contribution in [0.1, 0.15) is 30.4 Å². The number of nitrogens with one attached hydrogen (secondary N) is 3. The number of amides is 2. The molecule has 0 radical (unpaired) electrons. The number of thiazole rings is 1. The maximum Gasteiger partial charge on any atom is 0.345 e. The summed E-state index contributed by atoms with van der Waals surface area (Å²) in [5.41, 5.74) is 4.18. The molecule has 0 spiro atoms. The summed E-state index contributed by atoms with van der Waals surface area (Å²) in [6.45, 7) is 1.27. The fourth-order valence-corrected chi connectivity index (χ4v) is 6.71. The summed E-state index contributed by atoms with van der Waals surface area (Å²) >= 11 is 2.51. The van der Waals surface area contributed by atoms with Gasteiger partial charge in [-0.25, -0.2) is 9.78 Å². The minimum absolute atomic E-state index is 0.147. The minimum atomic E-state index is -0.559. The van der Waals surface area contributed by atoms with E-state index in [1.165, 1.54) is 4.90 Å². The number of aromatic nitrogens is 2. The van der Waals surface area contributed by atoms with Crippen molar-refractivity contribution in [2.24, 2.45) is 0 Å². The lowest BCUT2D eigenvalue weighted by Crippen LogP contribution is -2.35. The molecule has 0 unspecified atom stereocenters. The number of urea groups is 1. The van der Waals surface area contributed by atoms with Gasteiger partial charge in [-0.2, -0.15) is 4.57 Å². The summed E-state index contributed by atoms with van der Waals surface area (Å²) in [5, 5.41) is 21.6. The number of thioether (sulfide) groups is 1. The highest BCUT2D eigenvalue weighted by Crippen LogP contribution is 2.40. The molecule has 3 heterocycles. The van der Waals surface area contributed by atoms with Crippen molar-refractivity contribution in [3.8, 4) is 5.75 Å². The summed E-state index contributed by atoms with van der Waals surface area (Å²) in [6, 6.07) is 25.4. The van der Waals surface area contributed by atoms with Gasteiger partial charge in [0.15, 0.2) is 17.9 Å². The monoisotopic (exact) mass is 693 g/mol. The summed E-state index contributed by atoms with van der Waals surface area (Å²) < 4.78 is 7.95. The average Bonchev–Trinajstić information content (AvgIpc) is 3.76. The number of para-hydroxylation sites is 2. The molecule has 0 fully saturated rings. The number of anilines is 2. The lowest BCUT2D eigenvalue weighted by molar-refractivity contribution is -0.670. The lowest BCUT2D eigenvalue weighted by atomic mass is 10.1. The maximum atomic E-state index is 12.7. The van der Waals surface area contributed by atoms with Crippen LogP contribution >= 0.6 is 23.1 Å². The van der Waals surface area contributed by atoms with E-state index >= 15 is 0 Å². The van der Waals surface area contributed by atoms with Gasteiger partial charge in [0.2, 0.25) is 5.52 Å². The molecule has 2 aromatic heterocycles. The molecule has 3 N–H and O–H groups in total. The average molecular weight is 694 g/mol. The first-order chi connectivity index (χ1) is 23.9. The third-order valence-corrected chi connectivity index (χ3v) is 9.52. The van der Waals surface area contributed by atoms with Crippen LogP contribution in [0.4, 0.5) is 20.6 Å². The first-order valence-electron chi connectivity index (χ1n) is 15.6. The van der Waals surface area contributed by atoms with E-state index in [9.17, 15) is 19.7 Å². The van der Waals surface area contributed by atoms with Crippen molar-refractivity contribution < 1.29 is 23.8 Å². The molecule has 49 heavy (non-hydrogen) atoms. The van der Waals surface area contributed by atoms with Crippen LogP contribution in [0.25, 0.3) is 17.0 Å². The Morgan fingerprint density at radius 1 is 1.02 bits per heavy atom. The van der Waals surface area contributed by atoms with Crippen molar-refractivity contribution in [1.29, 1.82) is 0 Å². The smallest absolute Gasteiger partial charge is 0.345 e. The molecule has 13 heteroatoms. The molecule has 0 saturated heterocycles. The number of carbonyl (C=O) groups is 2. The van der Waals surface area contributed by atoms with E-state index in [1.54, 1.807) is 11.8 Å². The van der Waals surface area contributed by atoms with E-state index in [0.29, 0.717) is 38.2 Å². The second-order valence-corrected chi connectivity index (χ2v) is 13.1. The summed E-state index contributed by atoms with van der Waals surface area (Å²) in [5.74, 6) is 0.858. The molecule has 0 saturated carbocycles. The molecule has 0 bridgehead atoms. The van der Waals surface area contributed by atoms with Crippen molar-refractivity contribution in [1.82, 2.24) is 10.3 Å². The van der Waals surface area contributed by atoms with E-state index in [0.717, 1.165) is 50.3 Å². The van der Waals surface area contributed by atoms with Gasteiger partial charge < -0.3 is 15.4 Å². The number of ketones is 1. The van der Waals surface area contributed by atoms with Gasteiger partial charge >= 0.3 is 11.0 Å². The Balaban J connectivity index is 0.915. The normalized spacial score (nSPS) is 12.9. The van der Waals surface area contributed by atoms with Crippen LogP contribution in [0.15, 0.2) is 113 Å². The number of rotatable bonds is 14. The number of nitrogens with zero attached hydrogens (tertiary/aromatic N) is 3. The number of pyridine rings is 1. The van der Waals surface area contributed by atoms with Crippen molar-refractivity contribution in [2.45, 2.75) is 37.2 Å². The highest BCUT2D eigenvalue weighted by Gasteiger charge is 2.16. The van der Waals surface area contributed by atoms with Crippen molar-refractivity contribution >= 4 is 67.7 Å². The van der Waals surface area contributed by atoms with Crippen molar-refractivity contribution in [3.63, 3.8) is 0 Å². The summed E-state index contributed by atoms with van der Waals surface area (Å²) in [7, 11) is 0. The number of nitro groups is 1. The lowest BCUT2D eigenvalue weighted by Gasteiger charge is -2.08. The predicted molar refractivity (Wildman–Crippen MR) is 193 cm³/mol. The van der Waals surface area contributed by atoms with Gasteiger partial charge in [-0.3, -0.25) is 20.2 Å². The zero-order valence-electron chi connectivity index (χ0n) is 26.3. The van der Waals surface area contributed by atoms with E-state index < -0.39 is 11.0 Å². The molecule has 2 amide bonds. The molecule has 1 aliphatic heterocycles. The number of Topliss-reactive ketones (excluding diaryl/α,β-unsaturated/α-hetero) is 1. The predicted octanol–water partition coefficient (Wildman–Crippen LogP) is 7.70. The van der Waals surface area contributed by atoms with Gasteiger partial charge in [0.1, 0.15) is 17.7 Å². The third-order valence-electron chi connectivity index (χ3n) is 7.62. The quantitative estimate of drug-likeness (QED) is 0.0465. The zero-order valence-corrected chi connectivity index (χ0v) is 28.0. The second-order valence-electron chi connectivity index (χ2n) is 11.0. The van der Waals surface area contributed by atoms with Crippen LogP contribution in [-0.4, -0.2) is 28.3 Å². The number of aryl methyl sites for hydroxylation is 1. The fraction of sp³-hybridized carbons (Fsp3) is 0.167. The minimum Gasteiger partial charge on any atom is -0.494 e. The Labute approximate surface area is 290 Å². The molecule has 3 aromatic carbocycles. The standard InChI is InChI=1S/C36H32N6O5S2/c43-27(8-6-22-47-28-16-14-25(15-17-28)23-37-35(44)40-36-38-24-34(49-36)42(45)46)19-21-41-20-18-26(29-9-1-3-11-31(29)41)7-5-13-33-39-30-10-2-4-12-32(30)48-33/h1-5,7,9-18,20,24H,6,8,19,21-23H2,(H2,37,38,40,44)/p+1. The molecule has 6 rings (SSSR count). The molecule has 5 aromatic rings. The number of ether oxygens (including phenoxy) is 1. The Bertz CT molecular complexity index is 2020.